The lowest BCUT2D eigenvalue weighted by molar-refractivity contribution is -0.144. The van der Waals surface area contributed by atoms with Gasteiger partial charge in [-0.05, 0) is 30.3 Å². The Morgan fingerprint density at radius 3 is 2.64 bits per heavy atom. The molecule has 126 valence electrons. The fourth-order valence-electron chi connectivity index (χ4n) is 2.06. The van der Waals surface area contributed by atoms with Crippen LogP contribution >= 0.6 is 0 Å². The van der Waals surface area contributed by atoms with Crippen molar-refractivity contribution >= 4 is 5.97 Å². The summed E-state index contributed by atoms with van der Waals surface area (Å²) in [4.78, 5) is 11.8. The second-order valence-corrected chi connectivity index (χ2v) is 5.48. The highest BCUT2D eigenvalue weighted by Gasteiger charge is 2.29. The lowest BCUT2D eigenvalue weighted by atomic mass is 9.93. The Bertz CT molecular complexity index is 430. The van der Waals surface area contributed by atoms with Gasteiger partial charge in [-0.25, -0.2) is 0 Å². The topological polar surface area (TPSA) is 70.8 Å². The van der Waals surface area contributed by atoms with E-state index in [0.29, 0.717) is 18.2 Å². The summed E-state index contributed by atoms with van der Waals surface area (Å²) >= 11 is 0. The fraction of sp³-hybridized carbons (Fsp3) is 0.750. The Kier molecular flexibility index (Phi) is 8.58. The van der Waals surface area contributed by atoms with Gasteiger partial charge in [0.15, 0.2) is 5.76 Å². The standard InChI is InChI=1S/C16H27NO5/c1-5-8-20-9-6-7-10-21-14-11-13(22-17-14)15(12(2)3)16(18)19-4/h11-12,15H,5-10H2,1-4H3. The highest BCUT2D eigenvalue weighted by atomic mass is 16.5. The number of esters is 1. The molecule has 1 aromatic rings. The first-order valence-electron chi connectivity index (χ1n) is 7.85. The van der Waals surface area contributed by atoms with Gasteiger partial charge in [-0.1, -0.05) is 20.8 Å². The van der Waals surface area contributed by atoms with Gasteiger partial charge in [-0.2, -0.15) is 0 Å². The summed E-state index contributed by atoms with van der Waals surface area (Å²) in [5.41, 5.74) is 0. The van der Waals surface area contributed by atoms with E-state index >= 15 is 0 Å². The number of carbonyl (C=O) groups excluding carboxylic acids is 1. The molecule has 0 amide bonds. The number of hydrogen-bond donors (Lipinski definition) is 0. The highest BCUT2D eigenvalue weighted by Crippen LogP contribution is 2.28. The molecule has 22 heavy (non-hydrogen) atoms. The van der Waals surface area contributed by atoms with Gasteiger partial charge in [0.1, 0.15) is 5.92 Å². The molecule has 0 bridgehead atoms. The SMILES string of the molecule is CCCOCCCCOc1cc(C(C(=O)OC)C(C)C)on1. The predicted octanol–water partition coefficient (Wildman–Crippen LogP) is 3.17. The first-order valence-corrected chi connectivity index (χ1v) is 7.85. The molecule has 1 atom stereocenters. The molecule has 1 unspecified atom stereocenters. The van der Waals surface area contributed by atoms with Gasteiger partial charge in [0, 0.05) is 19.3 Å². The molecule has 0 radical (unpaired) electrons. The minimum atomic E-state index is -0.461. The highest BCUT2D eigenvalue weighted by molar-refractivity contribution is 5.77. The first kappa shape index (κ1) is 18.5. The predicted molar refractivity (Wildman–Crippen MR) is 81.9 cm³/mol. The van der Waals surface area contributed by atoms with Gasteiger partial charge in [0.05, 0.1) is 13.7 Å². The number of ether oxygens (including phenoxy) is 3. The third kappa shape index (κ3) is 6.05. The summed E-state index contributed by atoms with van der Waals surface area (Å²) in [6.07, 6.45) is 2.87. The van der Waals surface area contributed by atoms with E-state index in [1.165, 1.54) is 7.11 Å². The molecule has 1 aromatic heterocycles. The number of hydrogen-bond acceptors (Lipinski definition) is 6. The second-order valence-electron chi connectivity index (χ2n) is 5.48. The van der Waals surface area contributed by atoms with Gasteiger partial charge in [0.2, 0.25) is 0 Å². The maximum absolute atomic E-state index is 11.8. The monoisotopic (exact) mass is 313 g/mol. The van der Waals surface area contributed by atoms with E-state index in [0.717, 1.165) is 32.5 Å². The largest absolute Gasteiger partial charge is 0.476 e. The molecule has 0 aliphatic rings. The van der Waals surface area contributed by atoms with Crippen molar-refractivity contribution < 1.29 is 23.5 Å². The molecule has 0 aliphatic heterocycles. The molecule has 1 heterocycles. The van der Waals surface area contributed by atoms with Gasteiger partial charge < -0.3 is 18.7 Å². The summed E-state index contributed by atoms with van der Waals surface area (Å²) in [5, 5.41) is 3.85. The molecule has 6 heteroatoms. The zero-order valence-electron chi connectivity index (χ0n) is 14.0. The lowest BCUT2D eigenvalue weighted by Gasteiger charge is -2.14. The molecule has 0 N–H and O–H groups in total. The third-order valence-electron chi connectivity index (χ3n) is 3.22. The Morgan fingerprint density at radius 1 is 1.27 bits per heavy atom. The zero-order valence-corrected chi connectivity index (χ0v) is 14.0. The smallest absolute Gasteiger partial charge is 0.316 e. The van der Waals surface area contributed by atoms with Crippen molar-refractivity contribution in [1.29, 1.82) is 0 Å². The van der Waals surface area contributed by atoms with Crippen LogP contribution in [0.4, 0.5) is 0 Å². The van der Waals surface area contributed by atoms with Gasteiger partial charge >= 0.3 is 5.97 Å². The summed E-state index contributed by atoms with van der Waals surface area (Å²) in [5.74, 6) is 0.147. The van der Waals surface area contributed by atoms with Crippen LogP contribution in [0, 0.1) is 5.92 Å². The average molecular weight is 313 g/mol. The van der Waals surface area contributed by atoms with Crippen molar-refractivity contribution in [2.45, 2.75) is 46.0 Å². The molecule has 0 aliphatic carbocycles. The normalized spacial score (nSPS) is 12.4. The van der Waals surface area contributed by atoms with Crippen molar-refractivity contribution in [3.63, 3.8) is 0 Å². The fourth-order valence-corrected chi connectivity index (χ4v) is 2.06. The van der Waals surface area contributed by atoms with Crippen LogP contribution in [0.1, 0.15) is 51.7 Å². The number of methoxy groups -OCH3 is 1. The van der Waals surface area contributed by atoms with Crippen LogP contribution in [0.2, 0.25) is 0 Å². The van der Waals surface area contributed by atoms with E-state index in [1.807, 2.05) is 13.8 Å². The maximum Gasteiger partial charge on any atom is 0.316 e. The van der Waals surface area contributed by atoms with Crippen LogP contribution in [-0.4, -0.2) is 38.1 Å². The molecule has 6 nitrogen and oxygen atoms in total. The average Bonchev–Trinajstić information content (AvgIpc) is 2.94. The number of rotatable bonds is 11. The van der Waals surface area contributed by atoms with Crippen LogP contribution < -0.4 is 4.74 Å². The van der Waals surface area contributed by atoms with Crippen LogP contribution in [0.25, 0.3) is 0 Å². The van der Waals surface area contributed by atoms with E-state index in [1.54, 1.807) is 6.07 Å². The summed E-state index contributed by atoms with van der Waals surface area (Å²) in [6, 6.07) is 1.66. The second kappa shape index (κ2) is 10.2. The van der Waals surface area contributed by atoms with E-state index in [2.05, 4.69) is 12.1 Å². The van der Waals surface area contributed by atoms with Crippen LogP contribution in [0.15, 0.2) is 10.6 Å². The summed E-state index contributed by atoms with van der Waals surface area (Å²) in [7, 11) is 1.37. The van der Waals surface area contributed by atoms with Crippen molar-refractivity contribution in [3.05, 3.63) is 11.8 Å². The van der Waals surface area contributed by atoms with Crippen molar-refractivity contribution in [2.24, 2.45) is 5.92 Å². The Morgan fingerprint density at radius 2 is 2.00 bits per heavy atom. The summed E-state index contributed by atoms with van der Waals surface area (Å²) in [6.45, 7) is 8.05. The van der Waals surface area contributed by atoms with Gasteiger partial charge in [0.25, 0.3) is 5.88 Å². The first-order chi connectivity index (χ1) is 10.6. The quantitative estimate of drug-likeness (QED) is 0.461. The third-order valence-corrected chi connectivity index (χ3v) is 3.22. The number of carbonyl (C=O) groups is 1. The van der Waals surface area contributed by atoms with E-state index in [-0.39, 0.29) is 11.9 Å². The van der Waals surface area contributed by atoms with Gasteiger partial charge in [-0.15, -0.1) is 0 Å². The van der Waals surface area contributed by atoms with E-state index in [4.69, 9.17) is 18.7 Å². The molecule has 0 saturated heterocycles. The molecular weight excluding hydrogens is 286 g/mol. The molecular formula is C16H27NO5. The maximum atomic E-state index is 11.8. The Balaban J connectivity index is 2.38. The van der Waals surface area contributed by atoms with Crippen molar-refractivity contribution in [1.82, 2.24) is 5.16 Å². The van der Waals surface area contributed by atoms with Crippen molar-refractivity contribution in [2.75, 3.05) is 26.9 Å². The van der Waals surface area contributed by atoms with E-state index in [9.17, 15) is 4.79 Å². The molecule has 0 aromatic carbocycles. The van der Waals surface area contributed by atoms with Crippen LogP contribution in [0.3, 0.4) is 0 Å². The Labute approximate surface area is 132 Å². The van der Waals surface area contributed by atoms with Crippen molar-refractivity contribution in [3.8, 4) is 5.88 Å². The minimum Gasteiger partial charge on any atom is -0.476 e. The summed E-state index contributed by atoms with van der Waals surface area (Å²) < 4.78 is 20.9. The zero-order chi connectivity index (χ0) is 16.4. The lowest BCUT2D eigenvalue weighted by Crippen LogP contribution is -2.19. The molecule has 1 rings (SSSR count). The Hall–Kier alpha value is -1.56. The van der Waals surface area contributed by atoms with E-state index < -0.39 is 5.92 Å². The molecule has 0 saturated carbocycles. The van der Waals surface area contributed by atoms with Crippen LogP contribution in [-0.2, 0) is 14.3 Å². The van der Waals surface area contributed by atoms with Crippen LogP contribution in [0.5, 0.6) is 5.88 Å². The number of aromatic nitrogens is 1. The minimum absolute atomic E-state index is 0.0592. The van der Waals surface area contributed by atoms with Gasteiger partial charge in [-0.3, -0.25) is 4.79 Å². The number of nitrogens with zero attached hydrogens (tertiary/aromatic N) is 1. The number of unbranched alkanes of at least 4 members (excludes halogenated alkanes) is 1. The molecule has 0 fully saturated rings. The molecule has 0 spiro atoms.